The van der Waals surface area contributed by atoms with E-state index < -0.39 is 9.71 Å². The number of aromatic nitrogens is 3. The maximum absolute atomic E-state index is 11.5. The van der Waals surface area contributed by atoms with E-state index in [1.54, 1.807) is 18.5 Å². The van der Waals surface area contributed by atoms with Crippen LogP contribution in [0.2, 0.25) is 0 Å². The molecule has 0 aliphatic carbocycles. The minimum atomic E-state index is -2.34. The van der Waals surface area contributed by atoms with Crippen molar-refractivity contribution in [3.05, 3.63) is 169 Å². The second kappa shape index (κ2) is 15.7. The first-order valence-corrected chi connectivity index (χ1v) is 17.5. The average Bonchev–Trinajstić information content (AvgIpc) is 3.97. The number of nitrogens with zero attached hydrogens (tertiary/aromatic N) is 5. The molecule has 5 heterocycles. The molecule has 0 fully saturated rings. The number of hydrogen-bond donors (Lipinski definition) is 0. The van der Waals surface area contributed by atoms with Crippen LogP contribution in [0.1, 0.15) is 16.7 Å². The number of benzene rings is 5. The third kappa shape index (κ3) is 8.33. The molecule has 0 radical (unpaired) electrons. The van der Waals surface area contributed by atoms with Crippen molar-refractivity contribution in [2.24, 2.45) is 9.39 Å². The molecule has 1 atom stereocenters. The van der Waals surface area contributed by atoms with Crippen LogP contribution >= 0.6 is 11.5 Å². The third-order valence-electron chi connectivity index (χ3n) is 7.25. The first-order chi connectivity index (χ1) is 23.6. The van der Waals surface area contributed by atoms with Crippen molar-refractivity contribution in [1.29, 1.82) is 0 Å². The normalized spacial score (nSPS) is 14.7. The Hall–Kier alpha value is -5.77. The standard InChI is InChI=1S/C9H7N.C8H7NOS.C8H7N.C7H5NO.C7H5NS/c1-2-4-9-7-10-6-5-8(9)3-1;1-11(10)8-5-3-2-4-7(8)6-9-11;1-2-4-8-6-9-5-7(8)3-1;2*1-2-4-7-6(3-1)5-8-9-7/h1-7H;2-6H,1H2;1-5H,6H2;2*1-5H. The number of fused-ring (bicyclic) bond motifs is 5. The fourth-order valence-electron chi connectivity index (χ4n) is 4.77. The van der Waals surface area contributed by atoms with E-state index in [1.165, 1.54) is 43.5 Å². The molecule has 0 saturated carbocycles. The van der Waals surface area contributed by atoms with Crippen LogP contribution < -0.4 is 0 Å². The fraction of sp³-hybridized carbons (Fsp3) is 0.0256. The second-order valence-electron chi connectivity index (χ2n) is 10.5. The maximum Gasteiger partial charge on any atom is 0.166 e. The summed E-state index contributed by atoms with van der Waals surface area (Å²) in [5.74, 6) is 3.54. The van der Waals surface area contributed by atoms with Gasteiger partial charge in [0.2, 0.25) is 0 Å². The van der Waals surface area contributed by atoms with Crippen molar-refractivity contribution in [1.82, 2.24) is 14.5 Å². The highest BCUT2D eigenvalue weighted by Gasteiger charge is 2.14. The first kappa shape index (κ1) is 32.2. The van der Waals surface area contributed by atoms with Gasteiger partial charge in [0.15, 0.2) is 5.58 Å². The van der Waals surface area contributed by atoms with Crippen LogP contribution in [-0.4, -0.2) is 37.0 Å². The SMILES string of the molecule is C1=NCc2ccccc21.C=S1(=O)N=Cc2ccccc21.c1ccc2cnccc2c1.c1ccc2oncc2c1.c1ccc2sncc2c1. The van der Waals surface area contributed by atoms with Gasteiger partial charge in [0.05, 0.1) is 32.0 Å². The molecule has 5 aromatic carbocycles. The zero-order valence-electron chi connectivity index (χ0n) is 25.9. The molecular weight excluding hydrogens is 635 g/mol. The van der Waals surface area contributed by atoms with E-state index >= 15 is 0 Å². The molecule has 7 nitrogen and oxygen atoms in total. The minimum absolute atomic E-state index is 0.750. The van der Waals surface area contributed by atoms with Crippen molar-refractivity contribution >= 4 is 71.4 Å². The van der Waals surface area contributed by atoms with Crippen molar-refractivity contribution in [3.8, 4) is 0 Å². The van der Waals surface area contributed by atoms with E-state index in [1.807, 2.05) is 110 Å². The van der Waals surface area contributed by atoms with Crippen LogP contribution in [0.5, 0.6) is 0 Å². The summed E-state index contributed by atoms with van der Waals surface area (Å²) in [6.07, 6.45) is 10.8. The number of pyridine rings is 1. The van der Waals surface area contributed by atoms with Gasteiger partial charge in [-0.05, 0) is 69.6 Å². The van der Waals surface area contributed by atoms with Gasteiger partial charge in [0.1, 0.15) is 0 Å². The quantitative estimate of drug-likeness (QED) is 0.151. The molecular formula is C39H31N5O2S2. The minimum Gasteiger partial charge on any atom is -0.356 e. The van der Waals surface area contributed by atoms with Gasteiger partial charge in [0.25, 0.3) is 0 Å². The molecule has 48 heavy (non-hydrogen) atoms. The van der Waals surface area contributed by atoms with E-state index in [2.05, 4.69) is 66.2 Å². The van der Waals surface area contributed by atoms with E-state index in [9.17, 15) is 4.21 Å². The van der Waals surface area contributed by atoms with E-state index in [-0.39, 0.29) is 0 Å². The molecule has 0 N–H and O–H groups in total. The maximum atomic E-state index is 11.5. The number of para-hydroxylation sites is 1. The molecule has 0 amide bonds. The predicted octanol–water partition coefficient (Wildman–Crippen LogP) is 9.09. The highest BCUT2D eigenvalue weighted by atomic mass is 32.2. The summed E-state index contributed by atoms with van der Waals surface area (Å²) in [6, 6.07) is 41.8. The lowest BCUT2D eigenvalue weighted by molar-refractivity contribution is 0.456. The van der Waals surface area contributed by atoms with Gasteiger partial charge < -0.3 is 4.52 Å². The van der Waals surface area contributed by atoms with Crippen LogP contribution in [0.4, 0.5) is 0 Å². The van der Waals surface area contributed by atoms with Crippen LogP contribution in [-0.2, 0) is 16.3 Å². The number of hydrogen-bond acceptors (Lipinski definition) is 7. The smallest absolute Gasteiger partial charge is 0.166 e. The molecule has 0 saturated heterocycles. The monoisotopic (exact) mass is 665 g/mol. The first-order valence-electron chi connectivity index (χ1n) is 15.0. The highest BCUT2D eigenvalue weighted by molar-refractivity contribution is 7.99. The molecule has 0 bridgehead atoms. The lowest BCUT2D eigenvalue weighted by Gasteiger charge is -1.97. The molecule has 10 rings (SSSR count). The fourth-order valence-corrected chi connectivity index (χ4v) is 6.59. The zero-order valence-corrected chi connectivity index (χ0v) is 27.5. The van der Waals surface area contributed by atoms with Crippen molar-refractivity contribution in [3.63, 3.8) is 0 Å². The summed E-state index contributed by atoms with van der Waals surface area (Å²) in [6.45, 7) is 0.871. The summed E-state index contributed by atoms with van der Waals surface area (Å²) in [5, 5.41) is 8.36. The van der Waals surface area contributed by atoms with E-state index in [0.29, 0.717) is 0 Å². The van der Waals surface area contributed by atoms with Crippen molar-refractivity contribution in [2.75, 3.05) is 0 Å². The van der Waals surface area contributed by atoms with Crippen molar-refractivity contribution < 1.29 is 8.73 Å². The Morgan fingerprint density at radius 2 is 1.33 bits per heavy atom. The lowest BCUT2D eigenvalue weighted by Crippen LogP contribution is -1.91. The molecule has 2 aliphatic heterocycles. The van der Waals surface area contributed by atoms with Crippen LogP contribution in [0.15, 0.2) is 171 Å². The van der Waals surface area contributed by atoms with Gasteiger partial charge >= 0.3 is 0 Å². The van der Waals surface area contributed by atoms with E-state index in [4.69, 9.17) is 4.52 Å². The van der Waals surface area contributed by atoms with Gasteiger partial charge in [-0.25, -0.2) is 4.21 Å². The van der Waals surface area contributed by atoms with Gasteiger partial charge in [-0.1, -0.05) is 102 Å². The average molecular weight is 666 g/mol. The molecule has 8 aromatic rings. The van der Waals surface area contributed by atoms with Gasteiger partial charge in [-0.2, -0.15) is 8.77 Å². The lowest BCUT2D eigenvalue weighted by atomic mass is 10.1. The number of aliphatic imine (C=N–C) groups is 1. The molecule has 9 heteroatoms. The van der Waals surface area contributed by atoms with Gasteiger partial charge in [-0.15, -0.1) is 0 Å². The largest absolute Gasteiger partial charge is 0.356 e. The molecule has 0 spiro atoms. The molecule has 3 aromatic heterocycles. The van der Waals surface area contributed by atoms with E-state index in [0.717, 1.165) is 28.0 Å². The number of rotatable bonds is 0. The Labute approximate surface area is 283 Å². The molecule has 236 valence electrons. The Kier molecular flexibility index (Phi) is 10.5. The zero-order chi connectivity index (χ0) is 33.0. The Bertz CT molecular complexity index is 2240. The summed E-state index contributed by atoms with van der Waals surface area (Å²) in [4.78, 5) is 8.89. The summed E-state index contributed by atoms with van der Waals surface area (Å²) in [5.41, 5.74) is 4.39. The van der Waals surface area contributed by atoms with Gasteiger partial charge in [0, 0.05) is 47.4 Å². The summed E-state index contributed by atoms with van der Waals surface area (Å²) < 4.78 is 25.5. The Balaban J connectivity index is 0.000000105. The molecule has 2 aliphatic rings. The second-order valence-corrected chi connectivity index (χ2v) is 13.3. The molecule has 1 unspecified atom stereocenters. The van der Waals surface area contributed by atoms with Crippen molar-refractivity contribution in [2.45, 2.75) is 11.4 Å². The summed E-state index contributed by atoms with van der Waals surface area (Å²) >= 11 is 1.54. The van der Waals surface area contributed by atoms with Crippen LogP contribution in [0.3, 0.4) is 0 Å². The van der Waals surface area contributed by atoms with Gasteiger partial charge in [-0.3, -0.25) is 9.98 Å². The van der Waals surface area contributed by atoms with Crippen LogP contribution in [0, 0.1) is 0 Å². The third-order valence-corrected chi connectivity index (χ3v) is 9.53. The predicted molar refractivity (Wildman–Crippen MR) is 201 cm³/mol. The Morgan fingerprint density at radius 1 is 0.646 bits per heavy atom. The Morgan fingerprint density at radius 3 is 2.10 bits per heavy atom. The summed E-state index contributed by atoms with van der Waals surface area (Å²) in [7, 11) is -2.34. The topological polar surface area (TPSA) is 93.6 Å². The highest BCUT2D eigenvalue weighted by Crippen LogP contribution is 2.21. The van der Waals surface area contributed by atoms with Crippen LogP contribution in [0.25, 0.3) is 31.8 Å².